The maximum Gasteiger partial charge on any atom is 0.393 e. The molecule has 0 amide bonds. The van der Waals surface area contributed by atoms with Crippen molar-refractivity contribution in [2.75, 3.05) is 0 Å². The predicted molar refractivity (Wildman–Crippen MR) is 132 cm³/mol. The lowest BCUT2D eigenvalue weighted by Crippen LogP contribution is -2.29. The van der Waals surface area contributed by atoms with Gasteiger partial charge in [-0.25, -0.2) is 4.57 Å². The lowest BCUT2D eigenvalue weighted by molar-refractivity contribution is -0.643. The highest BCUT2D eigenvalue weighted by atomic mass is 19.4. The van der Waals surface area contributed by atoms with E-state index in [0.29, 0.717) is 0 Å². The number of hydrogen-bond donors (Lipinski definition) is 0. The fourth-order valence-electron chi connectivity index (χ4n) is 5.85. The molecule has 3 aromatic heterocycles. The molecule has 0 atom stereocenters. The molecule has 0 fully saturated rings. The third-order valence-corrected chi connectivity index (χ3v) is 7.21. The number of aryl methyl sites for hydroxylation is 2. The first-order valence-electron chi connectivity index (χ1n) is 11.3. The van der Waals surface area contributed by atoms with Crippen molar-refractivity contribution in [2.45, 2.75) is 19.5 Å². The van der Waals surface area contributed by atoms with E-state index in [1.165, 1.54) is 21.7 Å². The van der Waals surface area contributed by atoms with E-state index < -0.39 is 12.6 Å². The molecule has 0 aliphatic carbocycles. The second kappa shape index (κ2) is 6.38. The highest BCUT2D eigenvalue weighted by Gasteiger charge is 2.28. The van der Waals surface area contributed by atoms with E-state index in [1.807, 2.05) is 12.1 Å². The van der Waals surface area contributed by atoms with Crippen LogP contribution in [0.5, 0.6) is 0 Å². The highest BCUT2D eigenvalue weighted by Crippen LogP contribution is 2.42. The normalized spacial score (nSPS) is 13.0. The molecule has 5 heteroatoms. The number of benzene rings is 4. The lowest BCUT2D eigenvalue weighted by Gasteiger charge is -2.15. The van der Waals surface area contributed by atoms with Gasteiger partial charge < -0.3 is 4.40 Å². The molecule has 0 N–H and O–H groups in total. The van der Waals surface area contributed by atoms with Crippen LogP contribution in [0.3, 0.4) is 0 Å². The molecule has 4 aromatic carbocycles. The minimum atomic E-state index is -4.24. The molecule has 0 radical (unpaired) electrons. The van der Waals surface area contributed by atoms with Crippen LogP contribution in [0.1, 0.15) is 11.1 Å². The largest absolute Gasteiger partial charge is 0.393 e. The van der Waals surface area contributed by atoms with E-state index in [-0.39, 0.29) is 5.56 Å². The van der Waals surface area contributed by atoms with E-state index in [2.05, 4.69) is 71.6 Å². The third kappa shape index (κ3) is 2.50. The van der Waals surface area contributed by atoms with Gasteiger partial charge in [0.15, 0.2) is 6.20 Å². The molecule has 0 bridgehead atoms. The quantitative estimate of drug-likeness (QED) is 0.139. The molecule has 0 aliphatic rings. The summed E-state index contributed by atoms with van der Waals surface area (Å²) in [7, 11) is 2.06. The van der Waals surface area contributed by atoms with Crippen LogP contribution in [0.2, 0.25) is 0 Å². The molecule has 7 rings (SSSR count). The number of para-hydroxylation sites is 1. The fraction of sp³-hybridized carbons (Fsp3) is 0.138. The summed E-state index contributed by atoms with van der Waals surface area (Å²) in [6.45, 7) is 2.14. The van der Waals surface area contributed by atoms with Crippen molar-refractivity contribution in [3.8, 4) is 0 Å². The van der Waals surface area contributed by atoms with Gasteiger partial charge in [-0.15, -0.1) is 0 Å². The summed E-state index contributed by atoms with van der Waals surface area (Å²) in [4.78, 5) is 0. The average molecular weight is 453 g/mol. The number of fused-ring (bicyclic) bond motifs is 7. The van der Waals surface area contributed by atoms with E-state index in [1.54, 1.807) is 12.1 Å². The Morgan fingerprint density at radius 2 is 1.59 bits per heavy atom. The zero-order chi connectivity index (χ0) is 23.4. The Labute approximate surface area is 192 Å². The molecule has 0 saturated carbocycles. The Bertz CT molecular complexity index is 1940. The number of hydrogen-bond acceptors (Lipinski definition) is 0. The van der Waals surface area contributed by atoms with Crippen LogP contribution in [0.15, 0.2) is 72.9 Å². The van der Waals surface area contributed by atoms with Crippen LogP contribution >= 0.6 is 0 Å². The maximum atomic E-state index is 13.1. The number of alkyl halides is 3. The van der Waals surface area contributed by atoms with Crippen LogP contribution < -0.4 is 4.57 Å². The minimum absolute atomic E-state index is 0.280. The van der Waals surface area contributed by atoms with Crippen LogP contribution in [0, 0.1) is 6.92 Å². The third-order valence-electron chi connectivity index (χ3n) is 7.21. The van der Waals surface area contributed by atoms with Crippen LogP contribution in [-0.2, 0) is 13.5 Å². The van der Waals surface area contributed by atoms with E-state index >= 15 is 0 Å². The van der Waals surface area contributed by atoms with Crippen molar-refractivity contribution >= 4 is 59.8 Å². The van der Waals surface area contributed by atoms with Gasteiger partial charge in [0, 0.05) is 22.2 Å². The van der Waals surface area contributed by atoms with Gasteiger partial charge in [0.05, 0.1) is 33.7 Å². The molecule has 0 spiro atoms. The summed E-state index contributed by atoms with van der Waals surface area (Å²) in [6.07, 6.45) is -3.11. The van der Waals surface area contributed by atoms with Crippen molar-refractivity contribution in [3.63, 3.8) is 0 Å². The van der Waals surface area contributed by atoms with Crippen molar-refractivity contribution < 1.29 is 17.7 Å². The van der Waals surface area contributed by atoms with Gasteiger partial charge in [-0.3, -0.25) is 0 Å². The van der Waals surface area contributed by atoms with Gasteiger partial charge >= 0.3 is 6.18 Å². The van der Waals surface area contributed by atoms with Gasteiger partial charge in [0.2, 0.25) is 5.52 Å². The first-order chi connectivity index (χ1) is 16.3. The van der Waals surface area contributed by atoms with Crippen molar-refractivity contribution in [1.29, 1.82) is 0 Å². The molecule has 0 saturated heterocycles. The molecule has 166 valence electrons. The van der Waals surface area contributed by atoms with Crippen LogP contribution in [-0.4, -0.2) is 10.6 Å². The first-order valence-corrected chi connectivity index (χ1v) is 11.3. The standard InChI is InChI=1S/C29H20F3N2/c1-16-7-9-22-20-5-3-4-6-23(20)34-24-14-18-13-17(15-29(30,31)32)8-10-19(18)21-11-12-33(2)28(26(21)24)25(16)27(22)34/h3-14H,15H2,1-2H3/q+1. The second-order valence-corrected chi connectivity index (χ2v) is 9.31. The predicted octanol–water partition coefficient (Wildman–Crippen LogP) is 7.38. The van der Waals surface area contributed by atoms with Crippen LogP contribution in [0.25, 0.3) is 59.8 Å². The number of pyridine rings is 2. The smallest absolute Gasteiger partial charge is 0.307 e. The number of nitrogens with zero attached hydrogens (tertiary/aromatic N) is 2. The van der Waals surface area contributed by atoms with Gasteiger partial charge in [0.25, 0.3) is 0 Å². The number of halogens is 3. The second-order valence-electron chi connectivity index (χ2n) is 9.31. The summed E-state index contributed by atoms with van der Waals surface area (Å²) in [5.41, 5.74) is 5.90. The summed E-state index contributed by atoms with van der Waals surface area (Å²) in [5.74, 6) is 0. The van der Waals surface area contributed by atoms with E-state index in [4.69, 9.17) is 0 Å². The Hall–Kier alpha value is -3.86. The fourth-order valence-corrected chi connectivity index (χ4v) is 5.85. The molecule has 3 heterocycles. The Kier molecular flexibility index (Phi) is 3.68. The zero-order valence-electron chi connectivity index (χ0n) is 18.7. The van der Waals surface area contributed by atoms with Gasteiger partial charge in [-0.2, -0.15) is 13.2 Å². The minimum Gasteiger partial charge on any atom is -0.307 e. The van der Waals surface area contributed by atoms with Crippen molar-refractivity contribution in [3.05, 3.63) is 84.1 Å². The van der Waals surface area contributed by atoms with Gasteiger partial charge in [-0.05, 0) is 41.0 Å². The Morgan fingerprint density at radius 3 is 2.41 bits per heavy atom. The summed E-state index contributed by atoms with van der Waals surface area (Å²) < 4.78 is 43.9. The zero-order valence-corrected chi connectivity index (χ0v) is 18.7. The molecule has 2 nitrogen and oxygen atoms in total. The van der Waals surface area contributed by atoms with Crippen molar-refractivity contribution in [2.24, 2.45) is 7.05 Å². The van der Waals surface area contributed by atoms with Crippen molar-refractivity contribution in [1.82, 2.24) is 4.40 Å². The number of aromatic nitrogens is 2. The molecule has 7 aromatic rings. The maximum absolute atomic E-state index is 13.1. The topological polar surface area (TPSA) is 8.29 Å². The molecule has 0 unspecified atom stereocenters. The summed E-state index contributed by atoms with van der Waals surface area (Å²) >= 11 is 0. The summed E-state index contributed by atoms with van der Waals surface area (Å²) in [6, 6.07) is 22.0. The lowest BCUT2D eigenvalue weighted by atomic mass is 9.95. The van der Waals surface area contributed by atoms with E-state index in [9.17, 15) is 13.2 Å². The molecule has 34 heavy (non-hydrogen) atoms. The summed E-state index contributed by atoms with van der Waals surface area (Å²) in [5, 5.41) is 7.55. The monoisotopic (exact) mass is 453 g/mol. The SMILES string of the molecule is Cc1ccc2c3ccccc3n3c4cc5cc(CC(F)(F)F)ccc5c5cc[n+](C)c(c1c23)c54. The van der Waals surface area contributed by atoms with E-state index in [0.717, 1.165) is 43.6 Å². The van der Waals surface area contributed by atoms with Crippen LogP contribution in [0.4, 0.5) is 13.2 Å². The average Bonchev–Trinajstić information content (AvgIpc) is 3.13. The van der Waals surface area contributed by atoms with Gasteiger partial charge in [0.1, 0.15) is 7.05 Å². The molecular weight excluding hydrogens is 433 g/mol. The molecular formula is C29H20F3N2+. The Balaban J connectivity index is 1.79. The first kappa shape index (κ1) is 19.6. The number of rotatable bonds is 1. The highest BCUT2D eigenvalue weighted by molar-refractivity contribution is 6.29. The Morgan fingerprint density at radius 1 is 0.794 bits per heavy atom. The molecule has 0 aliphatic heterocycles. The van der Waals surface area contributed by atoms with Gasteiger partial charge in [-0.1, -0.05) is 48.5 Å².